The molecule has 2 N–H and O–H groups in total. The van der Waals surface area contributed by atoms with Crippen molar-refractivity contribution in [1.82, 2.24) is 10.6 Å². The summed E-state index contributed by atoms with van der Waals surface area (Å²) in [6.07, 6.45) is 44.4. The number of benzene rings is 2. The molecule has 4 atom stereocenters. The van der Waals surface area contributed by atoms with Crippen molar-refractivity contribution in [2.24, 2.45) is 17.8 Å². The Morgan fingerprint density at radius 2 is 1.66 bits per heavy atom. The summed E-state index contributed by atoms with van der Waals surface area (Å²) in [7, 11) is 0. The second-order valence-corrected chi connectivity index (χ2v) is 17.8. The van der Waals surface area contributed by atoms with Gasteiger partial charge in [0.2, 0.25) is 0 Å². The number of hydrogen-bond acceptors (Lipinski definition) is 2. The number of fused-ring (bicyclic) bond motifs is 3. The summed E-state index contributed by atoms with van der Waals surface area (Å²) in [5.41, 5.74) is 15.4. The van der Waals surface area contributed by atoms with Gasteiger partial charge in [0.25, 0.3) is 0 Å². The van der Waals surface area contributed by atoms with Crippen molar-refractivity contribution >= 4 is 16.7 Å². The Balaban J connectivity index is 1.07. The van der Waals surface area contributed by atoms with E-state index in [1.165, 1.54) is 122 Å². The number of hydrogen-bond donors (Lipinski definition) is 2. The minimum Gasteiger partial charge on any atom is -0.391 e. The predicted octanol–water partition coefficient (Wildman–Crippen LogP) is 11.7. The lowest BCUT2D eigenvalue weighted by Gasteiger charge is -2.39. The molecular weight excluding hydrogens is 677 g/mol. The Hall–Kier alpha value is -3.88. The first kappa shape index (κ1) is 39.0. The van der Waals surface area contributed by atoms with Crippen molar-refractivity contribution in [2.75, 3.05) is 13.1 Å². The lowest BCUT2D eigenvalue weighted by atomic mass is 9.71. The molecule has 2 aromatic rings. The molecule has 0 amide bonds. The molecule has 2 heteroatoms. The van der Waals surface area contributed by atoms with E-state index < -0.39 is 0 Å². The fraction of sp³-hybridized carbons (Fsp3) is 0.481. The molecule has 0 saturated heterocycles. The summed E-state index contributed by atoms with van der Waals surface area (Å²) in [4.78, 5) is 0. The molecule has 2 nitrogen and oxygen atoms in total. The zero-order valence-electron chi connectivity index (χ0n) is 34.7. The average molecular weight is 745 g/mol. The van der Waals surface area contributed by atoms with E-state index in [1.54, 1.807) is 27.8 Å². The Labute approximate surface area is 339 Å². The molecule has 56 heavy (non-hydrogen) atoms. The van der Waals surface area contributed by atoms with E-state index in [-0.39, 0.29) is 0 Å². The Kier molecular flexibility index (Phi) is 13.3. The molecule has 1 fully saturated rings. The highest BCUT2D eigenvalue weighted by molar-refractivity contribution is 5.74. The van der Waals surface area contributed by atoms with Crippen LogP contribution in [0.3, 0.4) is 0 Å². The van der Waals surface area contributed by atoms with Gasteiger partial charge >= 0.3 is 0 Å². The van der Waals surface area contributed by atoms with Crippen molar-refractivity contribution in [3.8, 4) is 0 Å². The van der Waals surface area contributed by atoms with Crippen LogP contribution in [0, 0.1) is 17.8 Å². The molecule has 1 aliphatic heterocycles. The normalized spacial score (nSPS) is 25.7. The van der Waals surface area contributed by atoms with Gasteiger partial charge in [0.1, 0.15) is 0 Å². The van der Waals surface area contributed by atoms with Gasteiger partial charge in [0.15, 0.2) is 0 Å². The van der Waals surface area contributed by atoms with Crippen LogP contribution in [0.25, 0.3) is 16.7 Å². The van der Waals surface area contributed by atoms with Crippen molar-refractivity contribution in [3.05, 3.63) is 147 Å². The molecule has 0 bridgehead atoms. The van der Waals surface area contributed by atoms with Crippen LogP contribution in [0.2, 0.25) is 0 Å². The van der Waals surface area contributed by atoms with E-state index in [2.05, 4.69) is 122 Å². The molecule has 1 heterocycles. The van der Waals surface area contributed by atoms with Crippen LogP contribution in [-0.2, 0) is 12.8 Å². The molecule has 294 valence electrons. The van der Waals surface area contributed by atoms with Gasteiger partial charge < -0.3 is 10.6 Å². The van der Waals surface area contributed by atoms with E-state index >= 15 is 0 Å². The Morgan fingerprint density at radius 3 is 2.48 bits per heavy atom. The SMILES string of the molecule is CCC/C(=C\C=C/CC1=CNCC1)C1=c2ccccc2=C(/C(C)=C/C=C(\CNC2C=CCC3CCCCC32)[C@@H]2CC=C(c3ccc4c(c3)CCCC4)CC2)CC1. The summed E-state index contributed by atoms with van der Waals surface area (Å²) in [5, 5.41) is 10.4. The smallest absolute Gasteiger partial charge is 0.0284 e. The molecule has 5 aliphatic carbocycles. The number of allylic oxidation sites excluding steroid dienone is 10. The summed E-state index contributed by atoms with van der Waals surface area (Å²) in [6.45, 7) is 6.77. The van der Waals surface area contributed by atoms with Crippen molar-refractivity contribution < 1.29 is 0 Å². The number of rotatable bonds is 13. The van der Waals surface area contributed by atoms with Crippen LogP contribution in [0.1, 0.15) is 133 Å². The average Bonchev–Trinajstić information content (AvgIpc) is 3.78. The monoisotopic (exact) mass is 745 g/mol. The van der Waals surface area contributed by atoms with E-state index in [9.17, 15) is 0 Å². The standard InChI is InChI=1S/C54H68N2/c1-3-13-44(16-5-4-14-40-34-35-55-37-40)50-33-32-49(52-21-10-11-22-53(50)52)39(2)24-25-48(38-56-54-23-12-19-45-17-8-9-20-51(45)54)43-28-26-42(27-29-43)47-31-30-41-15-6-7-18-46(41)36-47/h4-5,10-12,16,21-26,30-31,36-37,43,45,51,54-56H,3,6-9,13-15,17-20,27-29,32-35,38H2,1-2H3/b5-4-,39-24+,44-16+,48-25+/t43-,45?,51?,54?/m1/s1. The first-order chi connectivity index (χ1) is 27.6. The van der Waals surface area contributed by atoms with Gasteiger partial charge in [-0.05, 0) is 188 Å². The fourth-order valence-corrected chi connectivity index (χ4v) is 11.0. The fourth-order valence-electron chi connectivity index (χ4n) is 11.0. The first-order valence-corrected chi connectivity index (χ1v) is 22.8. The topological polar surface area (TPSA) is 24.1 Å². The zero-order chi connectivity index (χ0) is 38.1. The quantitative estimate of drug-likeness (QED) is 0.158. The third-order valence-electron chi connectivity index (χ3n) is 14.3. The lowest BCUT2D eigenvalue weighted by molar-refractivity contribution is 0.193. The summed E-state index contributed by atoms with van der Waals surface area (Å²) in [5.74, 6) is 2.26. The maximum atomic E-state index is 4.15. The van der Waals surface area contributed by atoms with E-state index in [0.717, 1.165) is 57.0 Å². The second kappa shape index (κ2) is 19.0. The van der Waals surface area contributed by atoms with Gasteiger partial charge in [-0.25, -0.2) is 0 Å². The van der Waals surface area contributed by atoms with Crippen molar-refractivity contribution in [2.45, 2.75) is 135 Å². The highest BCUT2D eigenvalue weighted by Crippen LogP contribution is 2.39. The third-order valence-corrected chi connectivity index (χ3v) is 14.3. The van der Waals surface area contributed by atoms with Gasteiger partial charge in [0.05, 0.1) is 0 Å². The van der Waals surface area contributed by atoms with Crippen molar-refractivity contribution in [1.29, 1.82) is 0 Å². The van der Waals surface area contributed by atoms with Crippen LogP contribution in [0.4, 0.5) is 0 Å². The molecule has 6 aliphatic rings. The summed E-state index contributed by atoms with van der Waals surface area (Å²) in [6, 6.07) is 17.2. The maximum Gasteiger partial charge on any atom is 0.0284 e. The third kappa shape index (κ3) is 9.29. The van der Waals surface area contributed by atoms with Gasteiger partial charge in [0, 0.05) is 19.1 Å². The van der Waals surface area contributed by atoms with E-state index in [1.807, 2.05) is 0 Å². The number of aryl methyl sites for hydroxylation is 2. The van der Waals surface area contributed by atoms with Crippen LogP contribution in [0.5, 0.6) is 0 Å². The van der Waals surface area contributed by atoms with Crippen LogP contribution in [0.15, 0.2) is 120 Å². The molecule has 0 spiro atoms. The van der Waals surface area contributed by atoms with Crippen LogP contribution in [-0.4, -0.2) is 19.1 Å². The van der Waals surface area contributed by atoms with Gasteiger partial charge in [-0.3, -0.25) is 0 Å². The van der Waals surface area contributed by atoms with E-state index in [4.69, 9.17) is 0 Å². The van der Waals surface area contributed by atoms with Gasteiger partial charge in [-0.15, -0.1) is 0 Å². The van der Waals surface area contributed by atoms with E-state index in [0.29, 0.717) is 12.0 Å². The molecule has 8 rings (SSSR count). The summed E-state index contributed by atoms with van der Waals surface area (Å²) >= 11 is 0. The van der Waals surface area contributed by atoms with Gasteiger partial charge in [-0.2, -0.15) is 0 Å². The highest BCUT2D eigenvalue weighted by Gasteiger charge is 2.32. The Bertz CT molecular complexity index is 2060. The minimum absolute atomic E-state index is 0.512. The second-order valence-electron chi connectivity index (χ2n) is 17.8. The van der Waals surface area contributed by atoms with Crippen LogP contribution >= 0.6 is 0 Å². The molecule has 1 saturated carbocycles. The highest BCUT2D eigenvalue weighted by atomic mass is 14.9. The maximum absolute atomic E-state index is 4.15. The largest absolute Gasteiger partial charge is 0.391 e. The lowest BCUT2D eigenvalue weighted by Crippen LogP contribution is -2.42. The predicted molar refractivity (Wildman–Crippen MR) is 240 cm³/mol. The Morgan fingerprint density at radius 1 is 0.821 bits per heavy atom. The van der Waals surface area contributed by atoms with Gasteiger partial charge in [-0.1, -0.05) is 123 Å². The summed E-state index contributed by atoms with van der Waals surface area (Å²) < 4.78 is 0. The first-order valence-electron chi connectivity index (χ1n) is 22.8. The minimum atomic E-state index is 0.512. The molecular formula is C54H68N2. The number of nitrogens with one attached hydrogen (secondary N) is 2. The van der Waals surface area contributed by atoms with Crippen molar-refractivity contribution in [3.63, 3.8) is 0 Å². The molecule has 0 radical (unpaired) electrons. The molecule has 3 unspecified atom stereocenters. The zero-order valence-corrected chi connectivity index (χ0v) is 34.7. The molecule has 0 aromatic heterocycles. The van der Waals surface area contributed by atoms with Crippen LogP contribution < -0.4 is 21.1 Å². The molecule has 2 aromatic carbocycles.